The van der Waals surface area contributed by atoms with Crippen molar-refractivity contribution in [2.75, 3.05) is 5.32 Å². The molecule has 0 saturated heterocycles. The van der Waals surface area contributed by atoms with E-state index in [1.807, 2.05) is 0 Å². The van der Waals surface area contributed by atoms with Crippen LogP contribution in [0.4, 0.5) is 10.1 Å². The van der Waals surface area contributed by atoms with Crippen LogP contribution in [0.2, 0.25) is 0 Å². The number of hydrogen-bond donors (Lipinski definition) is 2. The van der Waals surface area contributed by atoms with Gasteiger partial charge in [0.25, 0.3) is 17.6 Å². The summed E-state index contributed by atoms with van der Waals surface area (Å²) in [6, 6.07) is 5.41. The van der Waals surface area contributed by atoms with Gasteiger partial charge in [0.1, 0.15) is 11.9 Å². The number of nitrogens with one attached hydrogen (secondary N) is 2. The van der Waals surface area contributed by atoms with Crippen LogP contribution in [-0.2, 0) is 11.8 Å². The number of hydrogen-bond acceptors (Lipinski definition) is 4. The van der Waals surface area contributed by atoms with E-state index >= 15 is 0 Å². The standard InChI is InChI=1S/C22H23FN4O3/c1-11-7-16(8-11)26-22(30)20(28)19-12(2)18(13(3)27(19)4)21(29)25-15-5-6-17(23)14(9-15)10-24/h5-6,9,11,16H,7-8H2,1-4H3,(H,25,29)(H,26,30)/t11-,16-. The van der Waals surface area contributed by atoms with Crippen LogP contribution in [0.5, 0.6) is 0 Å². The fourth-order valence-electron chi connectivity index (χ4n) is 3.89. The number of halogens is 1. The summed E-state index contributed by atoms with van der Waals surface area (Å²) in [4.78, 5) is 38.0. The number of benzene rings is 1. The largest absolute Gasteiger partial charge is 0.346 e. The van der Waals surface area contributed by atoms with Crippen LogP contribution in [0, 0.1) is 36.9 Å². The van der Waals surface area contributed by atoms with E-state index in [9.17, 15) is 18.8 Å². The summed E-state index contributed by atoms with van der Waals surface area (Å²) < 4.78 is 15.0. The van der Waals surface area contributed by atoms with Crippen LogP contribution < -0.4 is 10.6 Å². The number of aromatic nitrogens is 1. The number of carbonyl (C=O) groups is 3. The van der Waals surface area contributed by atoms with Crippen LogP contribution in [0.25, 0.3) is 0 Å². The number of rotatable bonds is 5. The Bertz CT molecular complexity index is 1090. The predicted octanol–water partition coefficient (Wildman–Crippen LogP) is 3.00. The topological polar surface area (TPSA) is 104 Å². The first-order valence-corrected chi connectivity index (χ1v) is 9.66. The second-order valence-electron chi connectivity index (χ2n) is 7.83. The second-order valence-corrected chi connectivity index (χ2v) is 7.83. The molecule has 30 heavy (non-hydrogen) atoms. The van der Waals surface area contributed by atoms with Crippen molar-refractivity contribution in [1.82, 2.24) is 9.88 Å². The number of nitriles is 1. The van der Waals surface area contributed by atoms with Gasteiger partial charge in [-0.1, -0.05) is 6.92 Å². The highest BCUT2D eigenvalue weighted by Crippen LogP contribution is 2.27. The number of anilines is 1. The lowest BCUT2D eigenvalue weighted by Gasteiger charge is -2.32. The minimum absolute atomic E-state index is 0.00805. The number of amides is 2. The Kier molecular flexibility index (Phi) is 5.74. The molecular formula is C22H23FN4O3. The number of nitrogens with zero attached hydrogens (tertiary/aromatic N) is 2. The normalized spacial score (nSPS) is 17.6. The van der Waals surface area contributed by atoms with Crippen molar-refractivity contribution in [3.05, 3.63) is 52.1 Å². The Morgan fingerprint density at radius 3 is 2.50 bits per heavy atom. The van der Waals surface area contributed by atoms with E-state index in [2.05, 4.69) is 17.6 Å². The second kappa shape index (κ2) is 8.11. The van der Waals surface area contributed by atoms with Gasteiger partial charge in [-0.3, -0.25) is 14.4 Å². The molecule has 7 nitrogen and oxygen atoms in total. The minimum atomic E-state index is -0.690. The third-order valence-electron chi connectivity index (χ3n) is 5.63. The lowest BCUT2D eigenvalue weighted by Crippen LogP contribution is -2.46. The molecule has 2 N–H and O–H groups in total. The van der Waals surface area contributed by atoms with E-state index in [-0.39, 0.29) is 28.6 Å². The Labute approximate surface area is 173 Å². The Balaban J connectivity index is 1.84. The molecule has 2 amide bonds. The first-order valence-electron chi connectivity index (χ1n) is 9.66. The SMILES string of the molecule is Cc1c(C(=O)Nc2ccc(F)c(C#N)c2)c(C)n(C)c1C(=O)C(=O)N[C@H]1C[C@H](C)C1. The van der Waals surface area contributed by atoms with Crippen LogP contribution in [0.15, 0.2) is 18.2 Å². The lowest BCUT2D eigenvalue weighted by molar-refractivity contribution is -0.118. The summed E-state index contributed by atoms with van der Waals surface area (Å²) in [5.74, 6) is -2.02. The monoisotopic (exact) mass is 410 g/mol. The zero-order valence-electron chi connectivity index (χ0n) is 17.3. The van der Waals surface area contributed by atoms with E-state index < -0.39 is 23.4 Å². The molecular weight excluding hydrogens is 387 g/mol. The number of ketones is 1. The molecule has 0 unspecified atom stereocenters. The molecule has 0 radical (unpaired) electrons. The van der Waals surface area contributed by atoms with Crippen molar-refractivity contribution >= 4 is 23.3 Å². The molecule has 0 aliphatic heterocycles. The molecule has 1 aliphatic rings. The Morgan fingerprint density at radius 1 is 1.23 bits per heavy atom. The Morgan fingerprint density at radius 2 is 1.90 bits per heavy atom. The van der Waals surface area contributed by atoms with Crippen molar-refractivity contribution in [2.45, 2.75) is 39.7 Å². The summed E-state index contributed by atoms with van der Waals surface area (Å²) >= 11 is 0. The van der Waals surface area contributed by atoms with Crippen molar-refractivity contribution in [3.8, 4) is 6.07 Å². The van der Waals surface area contributed by atoms with Gasteiger partial charge in [-0.25, -0.2) is 4.39 Å². The molecule has 0 spiro atoms. The van der Waals surface area contributed by atoms with Gasteiger partial charge in [0, 0.05) is 24.5 Å². The quantitative estimate of drug-likeness (QED) is 0.584. The maximum absolute atomic E-state index is 13.5. The molecule has 1 aliphatic carbocycles. The lowest BCUT2D eigenvalue weighted by atomic mass is 9.82. The predicted molar refractivity (Wildman–Crippen MR) is 109 cm³/mol. The van der Waals surface area contributed by atoms with E-state index in [4.69, 9.17) is 5.26 Å². The summed E-state index contributed by atoms with van der Waals surface area (Å²) in [7, 11) is 1.62. The van der Waals surface area contributed by atoms with Crippen LogP contribution in [0.1, 0.15) is 57.4 Å². The third kappa shape index (κ3) is 3.83. The first-order chi connectivity index (χ1) is 14.1. The average molecular weight is 410 g/mol. The van der Waals surface area contributed by atoms with Crippen molar-refractivity contribution in [1.29, 1.82) is 5.26 Å². The molecule has 156 valence electrons. The van der Waals surface area contributed by atoms with E-state index in [0.29, 0.717) is 17.2 Å². The summed E-state index contributed by atoms with van der Waals surface area (Å²) in [5.41, 5.74) is 1.38. The highest BCUT2D eigenvalue weighted by atomic mass is 19.1. The van der Waals surface area contributed by atoms with Crippen LogP contribution >= 0.6 is 0 Å². The van der Waals surface area contributed by atoms with Gasteiger partial charge in [0.2, 0.25) is 0 Å². The fraction of sp³-hybridized carbons (Fsp3) is 0.364. The maximum atomic E-state index is 13.5. The fourth-order valence-corrected chi connectivity index (χ4v) is 3.89. The molecule has 1 heterocycles. The van der Waals surface area contributed by atoms with Gasteiger partial charge in [-0.2, -0.15) is 5.26 Å². The molecule has 3 rings (SSSR count). The zero-order valence-corrected chi connectivity index (χ0v) is 17.3. The molecule has 1 aromatic carbocycles. The summed E-state index contributed by atoms with van der Waals surface area (Å²) in [5, 5.41) is 14.3. The highest BCUT2D eigenvalue weighted by Gasteiger charge is 2.32. The average Bonchev–Trinajstić information content (AvgIpc) is 2.90. The zero-order chi connectivity index (χ0) is 22.2. The van der Waals surface area contributed by atoms with E-state index in [0.717, 1.165) is 18.9 Å². The van der Waals surface area contributed by atoms with Gasteiger partial charge < -0.3 is 15.2 Å². The molecule has 8 heteroatoms. The maximum Gasteiger partial charge on any atom is 0.294 e. The number of carbonyl (C=O) groups excluding carboxylic acids is 3. The van der Waals surface area contributed by atoms with Gasteiger partial charge in [-0.15, -0.1) is 0 Å². The van der Waals surface area contributed by atoms with E-state index in [1.165, 1.54) is 16.7 Å². The van der Waals surface area contributed by atoms with Gasteiger partial charge >= 0.3 is 0 Å². The highest BCUT2D eigenvalue weighted by molar-refractivity contribution is 6.43. The van der Waals surface area contributed by atoms with Gasteiger partial charge in [-0.05, 0) is 56.4 Å². The van der Waals surface area contributed by atoms with Gasteiger partial charge in [0.15, 0.2) is 0 Å². The van der Waals surface area contributed by atoms with Crippen molar-refractivity contribution in [2.24, 2.45) is 13.0 Å². The van der Waals surface area contributed by atoms with Gasteiger partial charge in [0.05, 0.1) is 16.8 Å². The van der Waals surface area contributed by atoms with Crippen LogP contribution in [0.3, 0.4) is 0 Å². The molecule has 1 fully saturated rings. The smallest absolute Gasteiger partial charge is 0.294 e. The summed E-state index contributed by atoms with van der Waals surface area (Å²) in [6.45, 7) is 5.37. The molecule has 0 atom stereocenters. The molecule has 2 aromatic rings. The molecule has 0 bridgehead atoms. The van der Waals surface area contributed by atoms with Crippen molar-refractivity contribution < 1.29 is 18.8 Å². The minimum Gasteiger partial charge on any atom is -0.346 e. The van der Waals surface area contributed by atoms with Crippen LogP contribution in [-0.4, -0.2) is 28.2 Å². The summed E-state index contributed by atoms with van der Waals surface area (Å²) in [6.07, 6.45) is 1.69. The number of Topliss-reactive ketones (excluding diaryl/α,β-unsaturated/α-hetero) is 1. The third-order valence-corrected chi connectivity index (χ3v) is 5.63. The molecule has 1 aromatic heterocycles. The van der Waals surface area contributed by atoms with E-state index in [1.54, 1.807) is 27.0 Å². The first kappa shape index (κ1) is 21.2. The molecule has 1 saturated carbocycles. The Hall–Kier alpha value is -3.47. The van der Waals surface area contributed by atoms with Crippen molar-refractivity contribution in [3.63, 3.8) is 0 Å².